The van der Waals surface area contributed by atoms with Crippen molar-refractivity contribution >= 4 is 41.1 Å². The molecular formula is C25H27N5O2. The standard InChI is InChI=1S/C25H27N5O2/c1-2-19(17-26)24(31)29-13-15-30(16-14-29)25(32)20-10-7-18(8-11-20)9-12-23-21-5-3-4-6-22(21)27-28-23/h3-12,17,19,26H,2,13-16H2,1H3,(H,27,28). The highest BCUT2D eigenvalue weighted by atomic mass is 16.2. The van der Waals surface area contributed by atoms with Crippen molar-refractivity contribution < 1.29 is 9.59 Å². The van der Waals surface area contributed by atoms with E-state index in [1.54, 1.807) is 9.80 Å². The summed E-state index contributed by atoms with van der Waals surface area (Å²) >= 11 is 0. The van der Waals surface area contributed by atoms with E-state index in [0.29, 0.717) is 38.2 Å². The van der Waals surface area contributed by atoms with Crippen molar-refractivity contribution in [3.8, 4) is 0 Å². The van der Waals surface area contributed by atoms with Gasteiger partial charge in [-0.05, 0) is 36.3 Å². The van der Waals surface area contributed by atoms with Crippen molar-refractivity contribution in [2.75, 3.05) is 26.2 Å². The van der Waals surface area contributed by atoms with E-state index in [-0.39, 0.29) is 17.7 Å². The SMILES string of the molecule is CCC(C=N)C(=O)N1CCN(C(=O)c2ccc(C=Cc3n[nH]c4ccccc34)cc2)CC1. The van der Waals surface area contributed by atoms with E-state index in [0.717, 1.165) is 22.2 Å². The summed E-state index contributed by atoms with van der Waals surface area (Å²) in [7, 11) is 0. The predicted octanol–water partition coefficient (Wildman–Crippen LogP) is 3.69. The number of para-hydroxylation sites is 1. The number of amides is 2. The molecule has 0 saturated carbocycles. The first-order valence-electron chi connectivity index (χ1n) is 10.9. The summed E-state index contributed by atoms with van der Waals surface area (Å²) in [6.45, 7) is 3.93. The summed E-state index contributed by atoms with van der Waals surface area (Å²) < 4.78 is 0. The van der Waals surface area contributed by atoms with Gasteiger partial charge in [0.05, 0.1) is 17.1 Å². The Kier molecular flexibility index (Phi) is 6.44. The van der Waals surface area contributed by atoms with Gasteiger partial charge in [0, 0.05) is 43.3 Å². The molecule has 2 N–H and O–H groups in total. The smallest absolute Gasteiger partial charge is 0.253 e. The van der Waals surface area contributed by atoms with Gasteiger partial charge in [0.25, 0.3) is 5.91 Å². The van der Waals surface area contributed by atoms with Gasteiger partial charge in [0.15, 0.2) is 0 Å². The van der Waals surface area contributed by atoms with Gasteiger partial charge in [-0.25, -0.2) is 0 Å². The van der Waals surface area contributed by atoms with E-state index in [1.165, 1.54) is 6.21 Å². The molecule has 4 rings (SSSR count). The van der Waals surface area contributed by atoms with Gasteiger partial charge in [0.1, 0.15) is 0 Å². The number of nitrogens with one attached hydrogen (secondary N) is 2. The van der Waals surface area contributed by atoms with E-state index in [4.69, 9.17) is 5.41 Å². The third-order valence-electron chi connectivity index (χ3n) is 5.93. The number of benzene rings is 2. The number of H-pyrrole nitrogens is 1. The number of hydrogen-bond acceptors (Lipinski definition) is 4. The number of nitrogens with zero attached hydrogens (tertiary/aromatic N) is 3. The number of carbonyl (C=O) groups is 2. The first-order valence-corrected chi connectivity index (χ1v) is 10.9. The van der Waals surface area contributed by atoms with Crippen molar-refractivity contribution in [3.05, 3.63) is 65.4 Å². The Bertz CT molecular complexity index is 1140. The van der Waals surface area contributed by atoms with Gasteiger partial charge in [0.2, 0.25) is 5.91 Å². The maximum atomic E-state index is 12.9. The Labute approximate surface area is 187 Å². The average Bonchev–Trinajstić information content (AvgIpc) is 3.26. The van der Waals surface area contributed by atoms with Crippen molar-refractivity contribution in [3.63, 3.8) is 0 Å². The van der Waals surface area contributed by atoms with Crippen LogP contribution in [-0.2, 0) is 4.79 Å². The Balaban J connectivity index is 1.36. The summed E-state index contributed by atoms with van der Waals surface area (Å²) in [6.07, 6.45) is 5.78. The second-order valence-corrected chi connectivity index (χ2v) is 7.91. The largest absolute Gasteiger partial charge is 0.339 e. The molecule has 1 aliphatic rings. The molecule has 1 aromatic heterocycles. The second kappa shape index (κ2) is 9.60. The molecule has 0 radical (unpaired) electrons. The lowest BCUT2D eigenvalue weighted by atomic mass is 10.1. The monoisotopic (exact) mass is 429 g/mol. The van der Waals surface area contributed by atoms with Gasteiger partial charge in [-0.3, -0.25) is 14.7 Å². The molecule has 2 aromatic carbocycles. The van der Waals surface area contributed by atoms with Crippen LogP contribution in [0.25, 0.3) is 23.1 Å². The summed E-state index contributed by atoms with van der Waals surface area (Å²) in [5, 5.41) is 15.8. The number of aromatic nitrogens is 2. The van der Waals surface area contributed by atoms with E-state index in [1.807, 2.05) is 67.6 Å². The van der Waals surface area contributed by atoms with Gasteiger partial charge >= 0.3 is 0 Å². The van der Waals surface area contributed by atoms with Gasteiger partial charge in [-0.1, -0.05) is 43.3 Å². The van der Waals surface area contributed by atoms with Gasteiger partial charge in [-0.2, -0.15) is 5.10 Å². The molecule has 32 heavy (non-hydrogen) atoms. The van der Waals surface area contributed by atoms with Crippen molar-refractivity contribution in [1.29, 1.82) is 5.41 Å². The van der Waals surface area contributed by atoms with Crippen molar-refractivity contribution in [1.82, 2.24) is 20.0 Å². The fourth-order valence-electron chi connectivity index (χ4n) is 3.93. The third-order valence-corrected chi connectivity index (χ3v) is 5.93. The fraction of sp³-hybridized carbons (Fsp3) is 0.280. The maximum Gasteiger partial charge on any atom is 0.253 e. The zero-order chi connectivity index (χ0) is 22.5. The summed E-state index contributed by atoms with van der Waals surface area (Å²) in [4.78, 5) is 28.8. The van der Waals surface area contributed by atoms with Crippen LogP contribution < -0.4 is 0 Å². The molecule has 3 aromatic rings. The zero-order valence-electron chi connectivity index (χ0n) is 18.1. The van der Waals surface area contributed by atoms with Crippen LogP contribution >= 0.6 is 0 Å². The lowest BCUT2D eigenvalue weighted by Crippen LogP contribution is -2.52. The number of aromatic amines is 1. The minimum absolute atomic E-state index is 0.0181. The Morgan fingerprint density at radius 3 is 2.41 bits per heavy atom. The number of fused-ring (bicyclic) bond motifs is 1. The van der Waals surface area contributed by atoms with Crippen LogP contribution in [0.3, 0.4) is 0 Å². The Hall–Kier alpha value is -3.74. The van der Waals surface area contributed by atoms with E-state index >= 15 is 0 Å². The Morgan fingerprint density at radius 2 is 1.72 bits per heavy atom. The highest BCUT2D eigenvalue weighted by Crippen LogP contribution is 2.18. The average molecular weight is 430 g/mol. The molecule has 1 unspecified atom stereocenters. The van der Waals surface area contributed by atoms with Gasteiger partial charge in [-0.15, -0.1) is 0 Å². The number of hydrogen-bond donors (Lipinski definition) is 2. The number of piperazine rings is 1. The minimum Gasteiger partial charge on any atom is -0.339 e. The van der Waals surface area contributed by atoms with Crippen LogP contribution in [0.5, 0.6) is 0 Å². The molecular weight excluding hydrogens is 402 g/mol. The third kappa shape index (κ3) is 4.46. The zero-order valence-corrected chi connectivity index (χ0v) is 18.1. The molecule has 1 aliphatic heterocycles. The maximum absolute atomic E-state index is 12.9. The van der Waals surface area contributed by atoms with Crippen LogP contribution in [0.2, 0.25) is 0 Å². The van der Waals surface area contributed by atoms with E-state index in [9.17, 15) is 9.59 Å². The number of rotatable bonds is 6. The van der Waals surface area contributed by atoms with E-state index < -0.39 is 0 Å². The van der Waals surface area contributed by atoms with Crippen LogP contribution in [0, 0.1) is 11.3 Å². The normalized spacial score (nSPS) is 15.3. The minimum atomic E-state index is -0.364. The molecule has 7 heteroatoms. The molecule has 1 saturated heterocycles. The molecule has 0 aliphatic carbocycles. The first-order chi connectivity index (χ1) is 15.6. The topological polar surface area (TPSA) is 93.2 Å². The summed E-state index contributed by atoms with van der Waals surface area (Å²) in [5.41, 5.74) is 3.50. The first kappa shape index (κ1) is 21.5. The molecule has 164 valence electrons. The molecule has 0 bridgehead atoms. The quantitative estimate of drug-likeness (QED) is 0.585. The van der Waals surface area contributed by atoms with Crippen LogP contribution in [-0.4, -0.2) is 64.2 Å². The van der Waals surface area contributed by atoms with Crippen molar-refractivity contribution in [2.45, 2.75) is 13.3 Å². The summed E-state index contributed by atoms with van der Waals surface area (Å²) in [6, 6.07) is 15.5. The van der Waals surface area contributed by atoms with Crippen LogP contribution in [0.4, 0.5) is 0 Å². The molecule has 0 spiro atoms. The van der Waals surface area contributed by atoms with Crippen LogP contribution in [0.1, 0.15) is 35.0 Å². The Morgan fingerprint density at radius 1 is 1.03 bits per heavy atom. The lowest BCUT2D eigenvalue weighted by molar-refractivity contribution is -0.134. The predicted molar refractivity (Wildman–Crippen MR) is 127 cm³/mol. The molecule has 2 amide bonds. The van der Waals surface area contributed by atoms with E-state index in [2.05, 4.69) is 10.2 Å². The van der Waals surface area contributed by atoms with Crippen molar-refractivity contribution in [2.24, 2.45) is 5.92 Å². The van der Waals surface area contributed by atoms with Crippen LogP contribution in [0.15, 0.2) is 48.5 Å². The van der Waals surface area contributed by atoms with Gasteiger partial charge < -0.3 is 15.2 Å². The lowest BCUT2D eigenvalue weighted by Gasteiger charge is -2.36. The number of carbonyl (C=O) groups excluding carboxylic acids is 2. The second-order valence-electron chi connectivity index (χ2n) is 7.91. The fourth-order valence-corrected chi connectivity index (χ4v) is 3.93. The molecule has 1 atom stereocenters. The summed E-state index contributed by atoms with van der Waals surface area (Å²) in [5.74, 6) is -0.405. The molecule has 1 fully saturated rings. The highest BCUT2D eigenvalue weighted by molar-refractivity contribution is 5.95. The molecule has 7 nitrogen and oxygen atoms in total. The molecule has 2 heterocycles. The highest BCUT2D eigenvalue weighted by Gasteiger charge is 2.27.